The number of hydrogen-bond acceptors (Lipinski definition) is 4. The van der Waals surface area contributed by atoms with Gasteiger partial charge in [0.15, 0.2) is 0 Å². The number of nitrogens with zero attached hydrogens (tertiary/aromatic N) is 1. The van der Waals surface area contributed by atoms with Gasteiger partial charge in [-0.3, -0.25) is 4.98 Å². The zero-order chi connectivity index (χ0) is 11.4. The van der Waals surface area contributed by atoms with Crippen molar-refractivity contribution in [1.82, 2.24) is 4.98 Å². The quantitative estimate of drug-likeness (QED) is 0.801. The van der Waals surface area contributed by atoms with Crippen molar-refractivity contribution >= 4 is 10.9 Å². The molecule has 0 radical (unpaired) electrons. The van der Waals surface area contributed by atoms with Crippen LogP contribution in [0.15, 0.2) is 36.5 Å². The van der Waals surface area contributed by atoms with Gasteiger partial charge in [0.25, 0.3) is 0 Å². The normalized spacial score (nSPS) is 12.6. The number of pyridine rings is 1. The number of aromatic nitrogens is 1. The Balaban J connectivity index is 2.23. The van der Waals surface area contributed by atoms with Crippen molar-refractivity contribution in [3.63, 3.8) is 0 Å². The maximum Gasteiger partial charge on any atom is 0.145 e. The Hall–Kier alpha value is -1.65. The fourth-order valence-electron chi connectivity index (χ4n) is 1.45. The van der Waals surface area contributed by atoms with Gasteiger partial charge < -0.3 is 15.6 Å². The summed E-state index contributed by atoms with van der Waals surface area (Å²) >= 11 is 0. The molecule has 0 amide bonds. The van der Waals surface area contributed by atoms with Gasteiger partial charge in [-0.25, -0.2) is 0 Å². The van der Waals surface area contributed by atoms with Crippen molar-refractivity contribution in [3.8, 4) is 5.75 Å². The summed E-state index contributed by atoms with van der Waals surface area (Å²) in [6.07, 6.45) is 1.08. The molecule has 0 aliphatic rings. The largest absolute Gasteiger partial charge is 0.489 e. The average molecular weight is 218 g/mol. The molecule has 2 rings (SSSR count). The second-order valence-corrected chi connectivity index (χ2v) is 3.53. The van der Waals surface area contributed by atoms with Gasteiger partial charge in [-0.1, -0.05) is 18.2 Å². The number of fused-ring (bicyclic) bond motifs is 1. The summed E-state index contributed by atoms with van der Waals surface area (Å²) in [6.45, 7) is 0.379. The topological polar surface area (TPSA) is 68.4 Å². The van der Waals surface area contributed by atoms with Crippen LogP contribution in [0.4, 0.5) is 0 Å². The van der Waals surface area contributed by atoms with Gasteiger partial charge in [-0.15, -0.1) is 0 Å². The molecule has 0 bridgehead atoms. The minimum Gasteiger partial charge on any atom is -0.489 e. The lowest BCUT2D eigenvalue weighted by molar-refractivity contribution is 0.115. The summed E-state index contributed by atoms with van der Waals surface area (Å²) in [7, 11) is 0. The SMILES string of the molecule is NCC(O)COc1cccc2cccnc12. The second-order valence-electron chi connectivity index (χ2n) is 3.53. The first-order chi connectivity index (χ1) is 7.81. The number of benzene rings is 1. The molecular formula is C12H14N2O2. The van der Waals surface area contributed by atoms with Crippen LogP contribution in [0.2, 0.25) is 0 Å². The summed E-state index contributed by atoms with van der Waals surface area (Å²) in [5.74, 6) is 0.672. The number of rotatable bonds is 4. The maximum absolute atomic E-state index is 9.32. The Morgan fingerprint density at radius 3 is 2.94 bits per heavy atom. The van der Waals surface area contributed by atoms with Crippen molar-refractivity contribution in [1.29, 1.82) is 0 Å². The van der Waals surface area contributed by atoms with Crippen LogP contribution < -0.4 is 10.5 Å². The lowest BCUT2D eigenvalue weighted by Gasteiger charge is -2.11. The van der Waals surface area contributed by atoms with Crippen LogP contribution in [0, 0.1) is 0 Å². The van der Waals surface area contributed by atoms with Crippen molar-refractivity contribution in [3.05, 3.63) is 36.5 Å². The lowest BCUT2D eigenvalue weighted by Crippen LogP contribution is -2.26. The van der Waals surface area contributed by atoms with E-state index in [2.05, 4.69) is 4.98 Å². The monoisotopic (exact) mass is 218 g/mol. The Bertz CT molecular complexity index is 468. The van der Waals surface area contributed by atoms with Crippen LogP contribution in [0.3, 0.4) is 0 Å². The first-order valence-corrected chi connectivity index (χ1v) is 5.16. The first-order valence-electron chi connectivity index (χ1n) is 5.16. The Morgan fingerprint density at radius 2 is 2.12 bits per heavy atom. The van der Waals surface area contributed by atoms with E-state index >= 15 is 0 Å². The Labute approximate surface area is 93.7 Å². The summed E-state index contributed by atoms with van der Waals surface area (Å²) in [4.78, 5) is 4.25. The number of hydrogen-bond donors (Lipinski definition) is 2. The van der Waals surface area contributed by atoms with Crippen LogP contribution in [0.1, 0.15) is 0 Å². The van der Waals surface area contributed by atoms with E-state index in [9.17, 15) is 5.11 Å². The number of ether oxygens (including phenoxy) is 1. The molecule has 0 saturated heterocycles. The molecule has 0 aliphatic carbocycles. The minimum atomic E-state index is -0.640. The summed E-state index contributed by atoms with van der Waals surface area (Å²) < 4.78 is 5.48. The van der Waals surface area contributed by atoms with Crippen molar-refractivity contribution < 1.29 is 9.84 Å². The van der Waals surface area contributed by atoms with Gasteiger partial charge in [0, 0.05) is 18.1 Å². The Morgan fingerprint density at radius 1 is 1.31 bits per heavy atom. The van der Waals surface area contributed by atoms with Crippen molar-refractivity contribution in [2.45, 2.75) is 6.10 Å². The van der Waals surface area contributed by atoms with Crippen LogP contribution in [-0.2, 0) is 0 Å². The maximum atomic E-state index is 9.32. The molecule has 84 valence electrons. The van der Waals surface area contributed by atoms with E-state index in [0.29, 0.717) is 5.75 Å². The third-order valence-corrected chi connectivity index (χ3v) is 2.30. The highest BCUT2D eigenvalue weighted by molar-refractivity contribution is 5.84. The van der Waals surface area contributed by atoms with Gasteiger partial charge >= 0.3 is 0 Å². The standard InChI is InChI=1S/C12H14N2O2/c13-7-10(15)8-16-11-5-1-3-9-4-2-6-14-12(9)11/h1-6,10,15H,7-8,13H2. The molecule has 4 nitrogen and oxygen atoms in total. The summed E-state index contributed by atoms with van der Waals surface area (Å²) in [5, 5.41) is 10.3. The van der Waals surface area contributed by atoms with Gasteiger partial charge in [0.2, 0.25) is 0 Å². The Kier molecular flexibility index (Phi) is 3.34. The highest BCUT2D eigenvalue weighted by Crippen LogP contribution is 2.22. The van der Waals surface area contributed by atoms with Crippen molar-refractivity contribution in [2.75, 3.05) is 13.2 Å². The van der Waals surface area contributed by atoms with E-state index in [1.165, 1.54) is 0 Å². The molecule has 4 heteroatoms. The van der Waals surface area contributed by atoms with Crippen LogP contribution in [0.5, 0.6) is 5.75 Å². The second kappa shape index (κ2) is 4.92. The molecule has 1 aromatic heterocycles. The molecule has 0 fully saturated rings. The van der Waals surface area contributed by atoms with Crippen LogP contribution >= 0.6 is 0 Å². The molecule has 0 saturated carbocycles. The fourth-order valence-corrected chi connectivity index (χ4v) is 1.45. The van der Waals surface area contributed by atoms with Gasteiger partial charge in [-0.2, -0.15) is 0 Å². The highest BCUT2D eigenvalue weighted by Gasteiger charge is 2.05. The smallest absolute Gasteiger partial charge is 0.145 e. The van der Waals surface area contributed by atoms with E-state index in [-0.39, 0.29) is 13.2 Å². The van der Waals surface area contributed by atoms with E-state index in [4.69, 9.17) is 10.5 Å². The number of para-hydroxylation sites is 1. The summed E-state index contributed by atoms with van der Waals surface area (Å²) in [6, 6.07) is 9.54. The third kappa shape index (κ3) is 2.29. The molecule has 1 atom stereocenters. The molecule has 2 aromatic rings. The predicted octanol–water partition coefficient (Wildman–Crippen LogP) is 0.933. The van der Waals surface area contributed by atoms with Gasteiger partial charge in [-0.05, 0) is 12.1 Å². The zero-order valence-electron chi connectivity index (χ0n) is 8.84. The molecule has 1 aromatic carbocycles. The molecular weight excluding hydrogens is 204 g/mol. The summed E-state index contributed by atoms with van der Waals surface area (Å²) in [5.41, 5.74) is 6.10. The van der Waals surface area contributed by atoms with Gasteiger partial charge in [0.1, 0.15) is 24.0 Å². The first kappa shape index (κ1) is 10.9. The molecule has 16 heavy (non-hydrogen) atoms. The molecule has 0 aliphatic heterocycles. The fraction of sp³-hybridized carbons (Fsp3) is 0.250. The molecule has 1 unspecified atom stereocenters. The molecule has 3 N–H and O–H groups in total. The van der Waals surface area contributed by atoms with Crippen LogP contribution in [0.25, 0.3) is 10.9 Å². The third-order valence-electron chi connectivity index (χ3n) is 2.30. The number of nitrogens with two attached hydrogens (primary N) is 1. The number of aliphatic hydroxyl groups excluding tert-OH is 1. The highest BCUT2D eigenvalue weighted by atomic mass is 16.5. The van der Waals surface area contributed by atoms with E-state index in [1.54, 1.807) is 6.20 Å². The van der Waals surface area contributed by atoms with Crippen LogP contribution in [-0.4, -0.2) is 29.3 Å². The molecule has 1 heterocycles. The zero-order valence-corrected chi connectivity index (χ0v) is 8.84. The average Bonchev–Trinajstić information content (AvgIpc) is 2.35. The van der Waals surface area contributed by atoms with Crippen molar-refractivity contribution in [2.24, 2.45) is 5.73 Å². The van der Waals surface area contributed by atoms with Gasteiger partial charge in [0.05, 0.1) is 0 Å². The van der Waals surface area contributed by atoms with E-state index in [1.807, 2.05) is 30.3 Å². The number of aliphatic hydroxyl groups is 1. The lowest BCUT2D eigenvalue weighted by atomic mass is 10.2. The molecule has 0 spiro atoms. The minimum absolute atomic E-state index is 0.187. The predicted molar refractivity (Wildman–Crippen MR) is 62.3 cm³/mol. The van der Waals surface area contributed by atoms with E-state index < -0.39 is 6.10 Å². The van der Waals surface area contributed by atoms with E-state index in [0.717, 1.165) is 10.9 Å².